The highest BCUT2D eigenvalue weighted by atomic mass is 35.7. The lowest BCUT2D eigenvalue weighted by atomic mass is 10.3. The zero-order chi connectivity index (χ0) is 15.6. The molecule has 0 radical (unpaired) electrons. The minimum absolute atomic E-state index is 0.0425. The summed E-state index contributed by atoms with van der Waals surface area (Å²) in [5.41, 5.74) is 0.320. The fourth-order valence-electron chi connectivity index (χ4n) is 2.09. The van der Waals surface area contributed by atoms with E-state index in [0.29, 0.717) is 18.8 Å². The van der Waals surface area contributed by atoms with E-state index in [1.54, 1.807) is 4.57 Å². The molecule has 0 bridgehead atoms. The van der Waals surface area contributed by atoms with Crippen LogP contribution >= 0.6 is 10.7 Å². The van der Waals surface area contributed by atoms with Gasteiger partial charge in [-0.2, -0.15) is 0 Å². The number of amides is 1. The molecule has 0 aromatic carbocycles. The average Bonchev–Trinajstić information content (AvgIpc) is 3.13. The summed E-state index contributed by atoms with van der Waals surface area (Å²) in [6.07, 6.45) is 3.21. The molecular formula is C13H19ClN2O4S. The molecule has 2 rings (SSSR count). The highest BCUT2D eigenvalue weighted by Gasteiger charge is 2.30. The summed E-state index contributed by atoms with van der Waals surface area (Å²) < 4.78 is 29.9. The lowest BCUT2D eigenvalue weighted by Gasteiger charge is -2.13. The first kappa shape index (κ1) is 16.3. The Labute approximate surface area is 128 Å². The van der Waals surface area contributed by atoms with Gasteiger partial charge in [0.15, 0.2) is 0 Å². The molecule has 1 aliphatic rings. The first-order valence-corrected chi connectivity index (χ1v) is 9.20. The maximum atomic E-state index is 12.2. The fraction of sp³-hybridized carbons (Fsp3) is 0.615. The van der Waals surface area contributed by atoms with Gasteiger partial charge in [0, 0.05) is 36.1 Å². The molecule has 0 spiro atoms. The van der Waals surface area contributed by atoms with E-state index in [1.807, 2.05) is 13.8 Å². The first-order chi connectivity index (χ1) is 9.82. The molecule has 21 heavy (non-hydrogen) atoms. The van der Waals surface area contributed by atoms with Crippen LogP contribution in [0.15, 0.2) is 17.2 Å². The molecule has 1 aromatic rings. The summed E-state index contributed by atoms with van der Waals surface area (Å²) in [6.45, 7) is 4.68. The molecule has 1 fully saturated rings. The summed E-state index contributed by atoms with van der Waals surface area (Å²) >= 11 is 0. The number of nitrogens with one attached hydrogen (secondary N) is 1. The minimum atomic E-state index is -3.84. The Bertz CT molecular complexity index is 622. The van der Waals surface area contributed by atoms with Crippen LogP contribution in [0, 0.1) is 0 Å². The summed E-state index contributed by atoms with van der Waals surface area (Å²) in [6, 6.07) is 1.50. The molecule has 1 saturated carbocycles. The Morgan fingerprint density at radius 3 is 2.76 bits per heavy atom. The number of carbonyl (C=O) groups is 1. The number of carbonyl (C=O) groups excluding carboxylic acids is 1. The van der Waals surface area contributed by atoms with Crippen molar-refractivity contribution in [3.8, 4) is 0 Å². The van der Waals surface area contributed by atoms with Crippen LogP contribution in [0.2, 0.25) is 0 Å². The Hall–Kier alpha value is -1.05. The number of hydrogen-bond acceptors (Lipinski definition) is 4. The van der Waals surface area contributed by atoms with Crippen LogP contribution in [0.5, 0.6) is 0 Å². The standard InChI is InChI=1S/C13H19ClN2O4S/c1-3-20-9(2)7-15-13(17)12-6-11(21(14,18)19)8-16(12)10-4-5-10/h6,8-10H,3-5,7H2,1-2H3,(H,15,17). The van der Waals surface area contributed by atoms with Crippen molar-refractivity contribution >= 4 is 25.6 Å². The third kappa shape index (κ3) is 4.21. The lowest BCUT2D eigenvalue weighted by molar-refractivity contribution is 0.0691. The molecule has 1 aromatic heterocycles. The second-order valence-corrected chi connectivity index (χ2v) is 7.68. The second-order valence-electron chi connectivity index (χ2n) is 5.11. The third-order valence-corrected chi connectivity index (χ3v) is 4.60. The Morgan fingerprint density at radius 2 is 2.24 bits per heavy atom. The number of rotatable bonds is 7. The molecular weight excluding hydrogens is 316 g/mol. The van der Waals surface area contributed by atoms with Gasteiger partial charge in [0.05, 0.1) is 6.10 Å². The van der Waals surface area contributed by atoms with Crippen molar-refractivity contribution < 1.29 is 17.9 Å². The predicted molar refractivity (Wildman–Crippen MR) is 79.2 cm³/mol. The molecule has 1 heterocycles. The van der Waals surface area contributed by atoms with Crippen LogP contribution in [-0.4, -0.2) is 38.1 Å². The molecule has 8 heteroatoms. The zero-order valence-electron chi connectivity index (χ0n) is 12.0. The number of hydrogen-bond donors (Lipinski definition) is 1. The summed E-state index contributed by atoms with van der Waals surface area (Å²) in [4.78, 5) is 12.2. The zero-order valence-corrected chi connectivity index (χ0v) is 13.6. The third-order valence-electron chi connectivity index (χ3n) is 3.28. The van der Waals surface area contributed by atoms with Gasteiger partial charge in [0.25, 0.3) is 15.0 Å². The molecule has 118 valence electrons. The normalized spacial score (nSPS) is 16.7. The quantitative estimate of drug-likeness (QED) is 0.773. The van der Waals surface area contributed by atoms with Gasteiger partial charge in [-0.3, -0.25) is 4.79 Å². The number of nitrogens with zero attached hydrogens (tertiary/aromatic N) is 1. The smallest absolute Gasteiger partial charge is 0.268 e. The van der Waals surface area contributed by atoms with Gasteiger partial charge >= 0.3 is 0 Å². The number of aromatic nitrogens is 1. The average molecular weight is 335 g/mol. The van der Waals surface area contributed by atoms with Crippen molar-refractivity contribution in [2.24, 2.45) is 0 Å². The van der Waals surface area contributed by atoms with E-state index in [4.69, 9.17) is 15.4 Å². The Balaban J connectivity index is 2.14. The van der Waals surface area contributed by atoms with Crippen molar-refractivity contribution in [3.05, 3.63) is 18.0 Å². The summed E-state index contributed by atoms with van der Waals surface area (Å²) in [7, 11) is 1.51. The maximum absolute atomic E-state index is 12.2. The molecule has 0 saturated heterocycles. The largest absolute Gasteiger partial charge is 0.377 e. The SMILES string of the molecule is CCOC(C)CNC(=O)c1cc(S(=O)(=O)Cl)cn1C1CC1. The molecule has 1 unspecified atom stereocenters. The van der Waals surface area contributed by atoms with E-state index in [0.717, 1.165) is 12.8 Å². The van der Waals surface area contributed by atoms with Crippen molar-refractivity contribution in [2.75, 3.05) is 13.2 Å². The van der Waals surface area contributed by atoms with E-state index < -0.39 is 9.05 Å². The first-order valence-electron chi connectivity index (χ1n) is 6.89. The van der Waals surface area contributed by atoms with Crippen LogP contribution in [0.3, 0.4) is 0 Å². The van der Waals surface area contributed by atoms with Gasteiger partial charge in [-0.05, 0) is 32.8 Å². The van der Waals surface area contributed by atoms with Crippen LogP contribution in [-0.2, 0) is 13.8 Å². The van der Waals surface area contributed by atoms with Gasteiger partial charge in [0.2, 0.25) is 0 Å². The molecule has 1 N–H and O–H groups in total. The molecule has 6 nitrogen and oxygen atoms in total. The molecule has 1 aliphatic carbocycles. The second kappa shape index (κ2) is 6.37. The van der Waals surface area contributed by atoms with Crippen LogP contribution in [0.25, 0.3) is 0 Å². The van der Waals surface area contributed by atoms with Crippen LogP contribution in [0.4, 0.5) is 0 Å². The van der Waals surface area contributed by atoms with E-state index in [2.05, 4.69) is 5.32 Å². The van der Waals surface area contributed by atoms with Crippen LogP contribution in [0.1, 0.15) is 43.2 Å². The molecule has 1 atom stereocenters. The van der Waals surface area contributed by atoms with Crippen molar-refractivity contribution in [1.82, 2.24) is 9.88 Å². The highest BCUT2D eigenvalue weighted by Crippen LogP contribution is 2.37. The predicted octanol–water partition coefficient (Wildman–Crippen LogP) is 1.91. The van der Waals surface area contributed by atoms with E-state index >= 15 is 0 Å². The van der Waals surface area contributed by atoms with Gasteiger partial charge in [-0.25, -0.2) is 8.42 Å². The number of ether oxygens (including phenoxy) is 1. The van der Waals surface area contributed by atoms with Crippen LogP contribution < -0.4 is 5.32 Å². The topological polar surface area (TPSA) is 77.4 Å². The summed E-state index contributed by atoms with van der Waals surface area (Å²) in [5.74, 6) is -0.319. The molecule has 1 amide bonds. The van der Waals surface area contributed by atoms with E-state index in [-0.39, 0.29) is 22.9 Å². The Morgan fingerprint density at radius 1 is 1.57 bits per heavy atom. The van der Waals surface area contributed by atoms with E-state index in [1.165, 1.54) is 12.3 Å². The summed E-state index contributed by atoms with van der Waals surface area (Å²) in [5, 5.41) is 2.75. The Kier molecular flexibility index (Phi) is 4.95. The number of halogens is 1. The van der Waals surface area contributed by atoms with E-state index in [9.17, 15) is 13.2 Å². The van der Waals surface area contributed by atoms with Crippen molar-refractivity contribution in [3.63, 3.8) is 0 Å². The van der Waals surface area contributed by atoms with Gasteiger partial charge < -0.3 is 14.6 Å². The monoisotopic (exact) mass is 334 g/mol. The minimum Gasteiger partial charge on any atom is -0.377 e. The van der Waals surface area contributed by atoms with Gasteiger partial charge in [-0.1, -0.05) is 0 Å². The van der Waals surface area contributed by atoms with Gasteiger partial charge in [0.1, 0.15) is 10.6 Å². The fourth-order valence-corrected chi connectivity index (χ4v) is 2.84. The lowest BCUT2D eigenvalue weighted by Crippen LogP contribution is -2.33. The molecule has 0 aliphatic heterocycles. The maximum Gasteiger partial charge on any atom is 0.268 e. The van der Waals surface area contributed by atoms with Gasteiger partial charge in [-0.15, -0.1) is 0 Å². The highest BCUT2D eigenvalue weighted by molar-refractivity contribution is 8.13. The van der Waals surface area contributed by atoms with Crippen molar-refractivity contribution in [2.45, 2.75) is 43.7 Å². The van der Waals surface area contributed by atoms with Crippen molar-refractivity contribution in [1.29, 1.82) is 0 Å².